The molecule has 1 fully saturated rings. The molecule has 0 radical (unpaired) electrons. The first-order valence-corrected chi connectivity index (χ1v) is 15.2. The molecule has 32 heavy (non-hydrogen) atoms. The van der Waals surface area contributed by atoms with Gasteiger partial charge in [-0.1, -0.05) is 48.5 Å². The van der Waals surface area contributed by atoms with Crippen LogP contribution < -0.4 is 0 Å². The molecular weight excluding hydrogens is 420 g/mol. The van der Waals surface area contributed by atoms with Gasteiger partial charge in [0.1, 0.15) is 5.60 Å². The quantitative estimate of drug-likeness (QED) is 0.291. The molecule has 1 aliphatic rings. The largest absolute Gasteiger partial charge is 0.413 e. The zero-order valence-corrected chi connectivity index (χ0v) is 23.7. The van der Waals surface area contributed by atoms with Crippen molar-refractivity contribution < 1.29 is 23.8 Å². The zero-order valence-electron chi connectivity index (χ0n) is 22.7. The van der Waals surface area contributed by atoms with E-state index in [2.05, 4.69) is 47.7 Å². The number of allylic oxidation sites excluding steroid dienone is 1. The maximum atomic E-state index is 13.0. The Morgan fingerprint density at radius 2 is 1.72 bits per heavy atom. The average Bonchev–Trinajstić information content (AvgIpc) is 2.90. The van der Waals surface area contributed by atoms with E-state index in [-0.39, 0.29) is 47.4 Å². The lowest BCUT2D eigenvalue weighted by atomic mass is 9.85. The first kappa shape index (κ1) is 29.5. The highest BCUT2D eigenvalue weighted by Gasteiger charge is 2.48. The van der Waals surface area contributed by atoms with Crippen LogP contribution in [0, 0.1) is 17.8 Å². The van der Waals surface area contributed by atoms with Crippen molar-refractivity contribution in [2.45, 2.75) is 124 Å². The number of hydrogen-bond donors (Lipinski definition) is 1. The third-order valence-electron chi connectivity index (χ3n) is 7.34. The summed E-state index contributed by atoms with van der Waals surface area (Å²) < 4.78 is 18.8. The molecule has 0 aromatic rings. The van der Waals surface area contributed by atoms with E-state index in [1.807, 2.05) is 40.7 Å². The van der Waals surface area contributed by atoms with Crippen LogP contribution >= 0.6 is 0 Å². The van der Waals surface area contributed by atoms with Crippen molar-refractivity contribution in [2.75, 3.05) is 6.61 Å². The fourth-order valence-corrected chi connectivity index (χ4v) is 5.84. The highest BCUT2D eigenvalue weighted by molar-refractivity contribution is 6.74. The Kier molecular flexibility index (Phi) is 9.97. The zero-order chi connectivity index (χ0) is 25.1. The fraction of sp³-hybridized carbons (Fsp3) is 0.885. The standard InChI is InChI=1S/C26H50O5Si/c1-13-22-26(10,31-25(8,9)29-22)15-14-21(28)18(2)16-19(3)23(20(4)17-27)30-32(11,12)24(5,6)7/h14-15,18-20,22-23,27H,13,16-17H2,1-12H3/b15-14+/t18-,19+,20+,22-,23+,26+/m1/s1. The van der Waals surface area contributed by atoms with E-state index in [0.717, 1.165) is 6.42 Å². The van der Waals surface area contributed by atoms with Gasteiger partial charge < -0.3 is 19.0 Å². The van der Waals surface area contributed by atoms with E-state index >= 15 is 0 Å². The van der Waals surface area contributed by atoms with E-state index in [1.165, 1.54) is 0 Å². The number of hydrogen-bond acceptors (Lipinski definition) is 5. The number of carbonyl (C=O) groups is 1. The number of ether oxygens (including phenoxy) is 2. The summed E-state index contributed by atoms with van der Waals surface area (Å²) in [6.07, 6.45) is 4.92. The Morgan fingerprint density at radius 1 is 1.16 bits per heavy atom. The maximum Gasteiger partial charge on any atom is 0.192 e. The minimum atomic E-state index is -2.00. The molecule has 0 amide bonds. The molecule has 0 unspecified atom stereocenters. The molecule has 0 aliphatic carbocycles. The molecule has 0 aromatic heterocycles. The molecule has 0 aromatic carbocycles. The lowest BCUT2D eigenvalue weighted by Gasteiger charge is -2.43. The van der Waals surface area contributed by atoms with Gasteiger partial charge in [-0.05, 0) is 69.8 Å². The highest BCUT2D eigenvalue weighted by Crippen LogP contribution is 2.40. The second-order valence-corrected chi connectivity index (χ2v) is 16.8. The Labute approximate surface area is 198 Å². The second kappa shape index (κ2) is 10.8. The van der Waals surface area contributed by atoms with Crippen LogP contribution in [0.1, 0.15) is 82.1 Å². The van der Waals surface area contributed by atoms with E-state index in [9.17, 15) is 9.90 Å². The fourth-order valence-electron chi connectivity index (χ4n) is 4.34. The SMILES string of the molecule is CC[C@H]1OC(C)(C)O[C@@]1(C)/C=C/C(=O)[C@H](C)C[C@H](C)[C@H](O[Si](C)(C)C(C)(C)C)[C@@H](C)CO. The van der Waals surface area contributed by atoms with Crippen molar-refractivity contribution in [1.82, 2.24) is 0 Å². The van der Waals surface area contributed by atoms with Crippen molar-refractivity contribution in [3.63, 3.8) is 0 Å². The van der Waals surface area contributed by atoms with Gasteiger partial charge in [-0.2, -0.15) is 0 Å². The topological polar surface area (TPSA) is 65.0 Å². The summed E-state index contributed by atoms with van der Waals surface area (Å²) in [5.74, 6) is -0.534. The average molecular weight is 471 g/mol. The smallest absolute Gasteiger partial charge is 0.192 e. The van der Waals surface area contributed by atoms with Crippen molar-refractivity contribution in [2.24, 2.45) is 17.8 Å². The Balaban J connectivity index is 2.90. The molecule has 6 atom stereocenters. The van der Waals surface area contributed by atoms with Crippen molar-refractivity contribution in [3.05, 3.63) is 12.2 Å². The first-order chi connectivity index (χ1) is 14.4. The highest BCUT2D eigenvalue weighted by atomic mass is 28.4. The summed E-state index contributed by atoms with van der Waals surface area (Å²) in [6.45, 7) is 25.3. The Hall–Kier alpha value is -0.533. The minimum absolute atomic E-state index is 0.0208. The van der Waals surface area contributed by atoms with E-state index in [4.69, 9.17) is 13.9 Å². The van der Waals surface area contributed by atoms with E-state index < -0.39 is 19.7 Å². The van der Waals surface area contributed by atoms with Crippen LogP contribution in [0.15, 0.2) is 12.2 Å². The van der Waals surface area contributed by atoms with E-state index in [1.54, 1.807) is 6.08 Å². The molecule has 1 aliphatic heterocycles. The molecule has 1 heterocycles. The molecule has 0 bridgehead atoms. The van der Waals surface area contributed by atoms with Gasteiger partial charge in [-0.15, -0.1) is 0 Å². The van der Waals surface area contributed by atoms with Crippen LogP contribution in [-0.4, -0.2) is 49.4 Å². The van der Waals surface area contributed by atoms with Crippen LogP contribution in [-0.2, 0) is 18.7 Å². The van der Waals surface area contributed by atoms with Crippen LogP contribution in [0.5, 0.6) is 0 Å². The predicted molar refractivity (Wildman–Crippen MR) is 134 cm³/mol. The number of aliphatic hydroxyl groups is 1. The van der Waals surface area contributed by atoms with Gasteiger partial charge in [0.25, 0.3) is 0 Å². The van der Waals surface area contributed by atoms with Gasteiger partial charge >= 0.3 is 0 Å². The molecule has 0 spiro atoms. The first-order valence-electron chi connectivity index (χ1n) is 12.3. The third kappa shape index (κ3) is 7.49. The van der Waals surface area contributed by atoms with Gasteiger partial charge in [0.15, 0.2) is 19.9 Å². The van der Waals surface area contributed by atoms with Crippen LogP contribution in [0.2, 0.25) is 18.1 Å². The molecule has 1 N–H and O–H groups in total. The molecular formula is C26H50O5Si. The Morgan fingerprint density at radius 3 is 2.19 bits per heavy atom. The summed E-state index contributed by atoms with van der Waals surface area (Å²) in [6, 6.07) is 0. The summed E-state index contributed by atoms with van der Waals surface area (Å²) in [5, 5.41) is 9.94. The van der Waals surface area contributed by atoms with Gasteiger partial charge in [0.2, 0.25) is 0 Å². The molecule has 1 saturated heterocycles. The minimum Gasteiger partial charge on any atom is -0.413 e. The van der Waals surface area contributed by atoms with Crippen molar-refractivity contribution in [3.8, 4) is 0 Å². The number of ketones is 1. The molecule has 0 saturated carbocycles. The normalized spacial score (nSPS) is 28.0. The van der Waals surface area contributed by atoms with Gasteiger partial charge in [0, 0.05) is 18.4 Å². The number of carbonyl (C=O) groups excluding carboxylic acids is 1. The Bertz CT molecular complexity index is 651. The summed E-state index contributed by atoms with van der Waals surface area (Å²) >= 11 is 0. The summed E-state index contributed by atoms with van der Waals surface area (Å²) in [4.78, 5) is 13.0. The van der Waals surface area contributed by atoms with Crippen LogP contribution in [0.25, 0.3) is 0 Å². The van der Waals surface area contributed by atoms with Crippen LogP contribution in [0.4, 0.5) is 0 Å². The molecule has 5 nitrogen and oxygen atoms in total. The lowest BCUT2D eigenvalue weighted by molar-refractivity contribution is -0.153. The maximum absolute atomic E-state index is 13.0. The summed E-state index contributed by atoms with van der Waals surface area (Å²) in [5.41, 5.74) is -0.612. The van der Waals surface area contributed by atoms with Crippen molar-refractivity contribution >= 4 is 14.1 Å². The van der Waals surface area contributed by atoms with Crippen LogP contribution in [0.3, 0.4) is 0 Å². The second-order valence-electron chi connectivity index (χ2n) is 12.1. The van der Waals surface area contributed by atoms with Gasteiger partial charge in [0.05, 0.1) is 12.2 Å². The molecule has 6 heteroatoms. The number of rotatable bonds is 11. The lowest BCUT2D eigenvalue weighted by Crippen LogP contribution is -2.48. The predicted octanol–water partition coefficient (Wildman–Crippen LogP) is 6.11. The molecule has 1 rings (SSSR count). The van der Waals surface area contributed by atoms with Gasteiger partial charge in [-0.3, -0.25) is 4.79 Å². The third-order valence-corrected chi connectivity index (χ3v) is 11.8. The summed E-state index contributed by atoms with van der Waals surface area (Å²) in [7, 11) is -2.00. The monoisotopic (exact) mass is 470 g/mol. The van der Waals surface area contributed by atoms with E-state index in [0.29, 0.717) is 6.42 Å². The molecule has 188 valence electrons. The van der Waals surface area contributed by atoms with Crippen molar-refractivity contribution in [1.29, 1.82) is 0 Å². The van der Waals surface area contributed by atoms with Gasteiger partial charge in [-0.25, -0.2) is 0 Å². The number of aliphatic hydroxyl groups excluding tert-OH is 1.